The van der Waals surface area contributed by atoms with Gasteiger partial charge in [-0.05, 0) is 43.0 Å². The Labute approximate surface area is 108 Å². The van der Waals surface area contributed by atoms with Gasteiger partial charge in [0.05, 0.1) is 7.11 Å². The van der Waals surface area contributed by atoms with Crippen LogP contribution >= 0.6 is 0 Å². The number of hydrogen-bond acceptors (Lipinski definition) is 3. The van der Waals surface area contributed by atoms with E-state index >= 15 is 0 Å². The van der Waals surface area contributed by atoms with Gasteiger partial charge in [0.1, 0.15) is 0 Å². The minimum Gasteiger partial charge on any atom is -0.453 e. The SMILES string of the molecule is COC(=O)Nc1ccc(N2CCCC(C)C2)cc1. The lowest BCUT2D eigenvalue weighted by atomic mass is 10.00. The van der Waals surface area contributed by atoms with Gasteiger partial charge in [0, 0.05) is 24.5 Å². The van der Waals surface area contributed by atoms with Crippen molar-refractivity contribution in [2.24, 2.45) is 5.92 Å². The van der Waals surface area contributed by atoms with E-state index in [4.69, 9.17) is 0 Å². The second-order valence-electron chi connectivity index (χ2n) is 4.86. The van der Waals surface area contributed by atoms with Crippen LogP contribution in [-0.4, -0.2) is 26.3 Å². The molecule has 0 radical (unpaired) electrons. The summed E-state index contributed by atoms with van der Waals surface area (Å²) in [5.74, 6) is 0.756. The minimum atomic E-state index is -0.436. The average molecular weight is 248 g/mol. The van der Waals surface area contributed by atoms with E-state index in [0.717, 1.165) is 24.7 Å². The van der Waals surface area contributed by atoms with E-state index in [9.17, 15) is 4.79 Å². The largest absolute Gasteiger partial charge is 0.453 e. The third-order valence-corrected chi connectivity index (χ3v) is 3.32. The highest BCUT2D eigenvalue weighted by molar-refractivity contribution is 5.84. The molecule has 0 spiro atoms. The molecule has 0 saturated carbocycles. The molecule has 1 atom stereocenters. The number of nitrogens with one attached hydrogen (secondary N) is 1. The fourth-order valence-corrected chi connectivity index (χ4v) is 2.35. The predicted octanol–water partition coefficient (Wildman–Crippen LogP) is 3.10. The third kappa shape index (κ3) is 3.15. The summed E-state index contributed by atoms with van der Waals surface area (Å²) in [6, 6.07) is 7.91. The highest BCUT2D eigenvalue weighted by Gasteiger charge is 2.16. The number of carbonyl (C=O) groups excluding carboxylic acids is 1. The number of benzene rings is 1. The highest BCUT2D eigenvalue weighted by atomic mass is 16.5. The van der Waals surface area contributed by atoms with E-state index in [-0.39, 0.29) is 0 Å². The Morgan fingerprint density at radius 3 is 2.72 bits per heavy atom. The first-order chi connectivity index (χ1) is 8.69. The van der Waals surface area contributed by atoms with Crippen LogP contribution < -0.4 is 10.2 Å². The molecule has 1 N–H and O–H groups in total. The van der Waals surface area contributed by atoms with Gasteiger partial charge in [-0.15, -0.1) is 0 Å². The summed E-state index contributed by atoms with van der Waals surface area (Å²) in [6.45, 7) is 4.53. The second-order valence-corrected chi connectivity index (χ2v) is 4.86. The van der Waals surface area contributed by atoms with Crippen LogP contribution in [0.5, 0.6) is 0 Å². The summed E-state index contributed by atoms with van der Waals surface area (Å²) in [4.78, 5) is 13.5. The molecular formula is C14H20N2O2. The Morgan fingerprint density at radius 1 is 1.39 bits per heavy atom. The van der Waals surface area contributed by atoms with Gasteiger partial charge in [-0.25, -0.2) is 4.79 Å². The van der Waals surface area contributed by atoms with Crippen molar-refractivity contribution in [3.8, 4) is 0 Å². The van der Waals surface area contributed by atoms with Crippen LogP contribution in [0.25, 0.3) is 0 Å². The Balaban J connectivity index is 2.00. The first kappa shape index (κ1) is 12.7. The molecule has 1 amide bonds. The maximum absolute atomic E-state index is 11.1. The molecule has 4 nitrogen and oxygen atoms in total. The lowest BCUT2D eigenvalue weighted by Gasteiger charge is -2.32. The number of hydrogen-bond donors (Lipinski definition) is 1. The van der Waals surface area contributed by atoms with Crippen LogP contribution in [0, 0.1) is 5.92 Å². The van der Waals surface area contributed by atoms with Crippen LogP contribution in [0.2, 0.25) is 0 Å². The van der Waals surface area contributed by atoms with Crippen molar-refractivity contribution < 1.29 is 9.53 Å². The highest BCUT2D eigenvalue weighted by Crippen LogP contribution is 2.24. The van der Waals surface area contributed by atoms with E-state index in [1.54, 1.807) is 0 Å². The van der Waals surface area contributed by atoms with Crippen molar-refractivity contribution in [2.75, 3.05) is 30.4 Å². The maximum Gasteiger partial charge on any atom is 0.411 e. The molecule has 0 aromatic heterocycles. The molecule has 1 aliphatic heterocycles. The summed E-state index contributed by atoms with van der Waals surface area (Å²) in [7, 11) is 1.36. The van der Waals surface area contributed by atoms with Gasteiger partial charge < -0.3 is 9.64 Å². The minimum absolute atomic E-state index is 0.436. The number of methoxy groups -OCH3 is 1. The molecule has 1 heterocycles. The van der Waals surface area contributed by atoms with Crippen molar-refractivity contribution in [3.05, 3.63) is 24.3 Å². The van der Waals surface area contributed by atoms with E-state index in [2.05, 4.69) is 21.9 Å². The monoisotopic (exact) mass is 248 g/mol. The molecule has 1 fully saturated rings. The van der Waals surface area contributed by atoms with E-state index in [0.29, 0.717) is 0 Å². The van der Waals surface area contributed by atoms with Crippen LogP contribution in [0.4, 0.5) is 16.2 Å². The number of anilines is 2. The molecule has 1 saturated heterocycles. The molecule has 4 heteroatoms. The first-order valence-electron chi connectivity index (χ1n) is 6.39. The van der Waals surface area contributed by atoms with E-state index in [1.807, 2.05) is 24.3 Å². The zero-order chi connectivity index (χ0) is 13.0. The topological polar surface area (TPSA) is 41.6 Å². The van der Waals surface area contributed by atoms with Crippen molar-refractivity contribution in [2.45, 2.75) is 19.8 Å². The number of ether oxygens (including phenoxy) is 1. The fraction of sp³-hybridized carbons (Fsp3) is 0.500. The molecule has 2 rings (SSSR count). The Bertz CT molecular complexity index is 403. The van der Waals surface area contributed by atoms with Gasteiger partial charge >= 0.3 is 6.09 Å². The molecule has 98 valence electrons. The number of carbonyl (C=O) groups is 1. The van der Waals surface area contributed by atoms with Gasteiger partial charge in [-0.2, -0.15) is 0 Å². The smallest absolute Gasteiger partial charge is 0.411 e. The van der Waals surface area contributed by atoms with Crippen LogP contribution in [0.1, 0.15) is 19.8 Å². The number of rotatable bonds is 2. The lowest BCUT2D eigenvalue weighted by molar-refractivity contribution is 0.187. The van der Waals surface area contributed by atoms with Crippen LogP contribution in [0.3, 0.4) is 0 Å². The van der Waals surface area contributed by atoms with Gasteiger partial charge in [0.15, 0.2) is 0 Å². The summed E-state index contributed by atoms with van der Waals surface area (Å²) in [5, 5.41) is 2.65. The summed E-state index contributed by atoms with van der Waals surface area (Å²) in [6.07, 6.45) is 2.14. The Morgan fingerprint density at radius 2 is 2.11 bits per heavy atom. The molecule has 1 aliphatic rings. The average Bonchev–Trinajstić information content (AvgIpc) is 2.39. The van der Waals surface area contributed by atoms with Gasteiger partial charge in [0.2, 0.25) is 0 Å². The zero-order valence-corrected chi connectivity index (χ0v) is 11.0. The summed E-state index contributed by atoms with van der Waals surface area (Å²) < 4.78 is 4.55. The third-order valence-electron chi connectivity index (χ3n) is 3.32. The van der Waals surface area contributed by atoms with Crippen molar-refractivity contribution in [3.63, 3.8) is 0 Å². The Hall–Kier alpha value is -1.71. The molecule has 18 heavy (non-hydrogen) atoms. The maximum atomic E-state index is 11.1. The van der Waals surface area contributed by atoms with Gasteiger partial charge in [-0.3, -0.25) is 5.32 Å². The zero-order valence-electron chi connectivity index (χ0n) is 11.0. The molecule has 0 aliphatic carbocycles. The molecule has 1 aromatic carbocycles. The molecule has 0 bridgehead atoms. The number of piperidine rings is 1. The first-order valence-corrected chi connectivity index (χ1v) is 6.39. The van der Waals surface area contributed by atoms with E-state index in [1.165, 1.54) is 25.6 Å². The van der Waals surface area contributed by atoms with Crippen molar-refractivity contribution in [1.82, 2.24) is 0 Å². The predicted molar refractivity (Wildman–Crippen MR) is 73.1 cm³/mol. The fourth-order valence-electron chi connectivity index (χ4n) is 2.35. The standard InChI is InChI=1S/C14H20N2O2/c1-11-4-3-9-16(10-11)13-7-5-12(6-8-13)15-14(17)18-2/h5-8,11H,3-4,9-10H2,1-2H3,(H,15,17). The lowest BCUT2D eigenvalue weighted by Crippen LogP contribution is -2.34. The van der Waals surface area contributed by atoms with Gasteiger partial charge in [0.25, 0.3) is 0 Å². The normalized spacial score (nSPS) is 19.4. The summed E-state index contributed by atoms with van der Waals surface area (Å²) >= 11 is 0. The molecular weight excluding hydrogens is 228 g/mol. The summed E-state index contributed by atoms with van der Waals surface area (Å²) in [5.41, 5.74) is 1.98. The number of nitrogens with zero attached hydrogens (tertiary/aromatic N) is 1. The Kier molecular flexibility index (Phi) is 4.07. The molecule has 1 aromatic rings. The molecule has 1 unspecified atom stereocenters. The van der Waals surface area contributed by atoms with Crippen molar-refractivity contribution >= 4 is 17.5 Å². The quantitative estimate of drug-likeness (QED) is 0.874. The van der Waals surface area contributed by atoms with Crippen molar-refractivity contribution in [1.29, 1.82) is 0 Å². The van der Waals surface area contributed by atoms with E-state index < -0.39 is 6.09 Å². The van der Waals surface area contributed by atoms with Crippen LogP contribution in [-0.2, 0) is 4.74 Å². The number of amides is 1. The van der Waals surface area contributed by atoms with Gasteiger partial charge in [-0.1, -0.05) is 6.92 Å². The van der Waals surface area contributed by atoms with Crippen LogP contribution in [0.15, 0.2) is 24.3 Å². The second kappa shape index (κ2) is 5.76.